The van der Waals surface area contributed by atoms with Gasteiger partial charge in [-0.3, -0.25) is 29.5 Å². The molecule has 4 N–H and O–H groups in total. The van der Waals surface area contributed by atoms with E-state index in [9.17, 15) is 29.6 Å². The van der Waals surface area contributed by atoms with Crippen molar-refractivity contribution >= 4 is 52.7 Å². The molecule has 9 rings (SSSR count). The van der Waals surface area contributed by atoms with E-state index in [0.29, 0.717) is 19.4 Å². The smallest absolute Gasteiger partial charge is 0.305 e. The number of nitro groups is 1. The van der Waals surface area contributed by atoms with Crippen LogP contribution in [0.3, 0.4) is 0 Å². The third-order valence-corrected chi connectivity index (χ3v) is 15.0. The van der Waals surface area contributed by atoms with E-state index in [0.717, 1.165) is 97.0 Å². The Balaban J connectivity index is 1.01. The Bertz CT molecular complexity index is 3220. The van der Waals surface area contributed by atoms with Crippen molar-refractivity contribution in [2.24, 2.45) is 16.8 Å². The topological polar surface area (TPSA) is 187 Å². The van der Waals surface area contributed by atoms with Crippen LogP contribution < -0.4 is 26.3 Å². The number of aromatic nitrogens is 3. The molecular weight excluding hydrogens is 857 g/mol. The second-order valence-electron chi connectivity index (χ2n) is 19.3. The molecule has 3 aliphatic heterocycles. The number of Topliss-reactive ketones (excluding diaryl/α,β-unsaturated/α-hetero) is 1. The second kappa shape index (κ2) is 18.3. The van der Waals surface area contributed by atoms with Gasteiger partial charge in [0.15, 0.2) is 11.6 Å². The fraction of sp³-hybridized carbons (Fsp3) is 0.382. The van der Waals surface area contributed by atoms with Crippen molar-refractivity contribution in [3.05, 3.63) is 153 Å². The maximum atomic E-state index is 14.0. The molecule has 8 bridgehead atoms. The molecule has 13 nitrogen and oxygen atoms in total. The van der Waals surface area contributed by atoms with Crippen molar-refractivity contribution in [1.29, 1.82) is 0 Å². The number of aliphatic hydroxyl groups excluding tert-OH is 1. The highest BCUT2D eigenvalue weighted by Crippen LogP contribution is 2.47. The fourth-order valence-corrected chi connectivity index (χ4v) is 11.2. The summed E-state index contributed by atoms with van der Waals surface area (Å²) >= 11 is 0. The predicted molar refractivity (Wildman–Crippen MR) is 265 cm³/mol. The van der Waals surface area contributed by atoms with Gasteiger partial charge in [-0.05, 0) is 140 Å². The van der Waals surface area contributed by atoms with Crippen LogP contribution in [-0.4, -0.2) is 74.0 Å². The largest absolute Gasteiger partial charge is 0.464 e. The van der Waals surface area contributed by atoms with E-state index in [1.54, 1.807) is 6.08 Å². The fourth-order valence-electron chi connectivity index (χ4n) is 11.2. The van der Waals surface area contributed by atoms with Crippen molar-refractivity contribution in [3.63, 3.8) is 0 Å². The molecule has 352 valence electrons. The number of hydrogen-bond acceptors (Lipinski definition) is 9. The monoisotopic (exact) mass is 916 g/mol. The summed E-state index contributed by atoms with van der Waals surface area (Å²) in [5.41, 5.74) is 12.8. The number of nitrogens with one attached hydrogen (secondary N) is 3. The number of fused-ring (bicyclic) bond motifs is 8. The number of ether oxygens (including phenoxy) is 1. The van der Waals surface area contributed by atoms with Gasteiger partial charge in [0, 0.05) is 98.6 Å². The van der Waals surface area contributed by atoms with E-state index >= 15 is 0 Å². The van der Waals surface area contributed by atoms with Gasteiger partial charge in [-0.25, -0.2) is 0 Å². The molecule has 4 aromatic rings. The number of carbonyl (C=O) groups excluding carboxylic acids is 3. The zero-order chi connectivity index (χ0) is 48.2. The minimum Gasteiger partial charge on any atom is -0.464 e. The summed E-state index contributed by atoms with van der Waals surface area (Å²) in [5, 5.41) is 24.9. The van der Waals surface area contributed by atoms with Crippen LogP contribution in [0.15, 0.2) is 76.6 Å². The van der Waals surface area contributed by atoms with Gasteiger partial charge in [0.25, 0.3) is 5.70 Å². The number of H-pyrrole nitrogens is 3. The first-order valence-corrected chi connectivity index (χ1v) is 23.9. The number of aromatic amines is 3. The summed E-state index contributed by atoms with van der Waals surface area (Å²) in [6, 6.07) is 7.68. The minimum atomic E-state index is -0.516. The molecule has 5 aliphatic rings. The lowest BCUT2D eigenvalue weighted by molar-refractivity contribution is -0.419. The van der Waals surface area contributed by atoms with Crippen LogP contribution in [0.1, 0.15) is 115 Å². The van der Waals surface area contributed by atoms with Crippen molar-refractivity contribution in [2.75, 3.05) is 24.7 Å². The molecule has 68 heavy (non-hydrogen) atoms. The molecule has 0 saturated carbocycles. The molecular formula is C55H60N6O7. The Labute approximate surface area is 395 Å². The third kappa shape index (κ3) is 8.20. The average molecular weight is 917 g/mol. The predicted octanol–water partition coefficient (Wildman–Crippen LogP) is 5.97. The van der Waals surface area contributed by atoms with Crippen molar-refractivity contribution in [1.82, 2.24) is 15.0 Å². The Morgan fingerprint density at radius 1 is 0.956 bits per heavy atom. The number of esters is 1. The highest BCUT2D eigenvalue weighted by Gasteiger charge is 2.42. The van der Waals surface area contributed by atoms with Crippen LogP contribution in [0.4, 0.5) is 5.69 Å². The summed E-state index contributed by atoms with van der Waals surface area (Å²) in [6.45, 7) is 15.4. The molecule has 13 heteroatoms. The number of anilines is 1. The standard InChI is InChI=1S/C55H60N6O7/c1-8-36-30(2)42-28-46-37(13-11-12-23-62)31(3)41(57-46)27-43-32(4)38(53(58-43)39-26-49(64)52-33(5)44(59-54(39)52)29-45(36)56-42)18-21-51(65)68-24-22-60-47-15-10-9-14-40(47)55(6,7)50(60)20-16-34-25-35(61(66)67)17-19-48(34)63/h9-10,14-17,19-20,25,27-29,32,38,53,56-57,59,62H,8,11-13,18,21-24,26H2,1-7H3/b34-16-,41-27?,44-29-,46-28?,50-20-/t32-,38-,53?/m0/s1. The number of rotatable bonds is 13. The van der Waals surface area contributed by atoms with Crippen LogP contribution in [0.25, 0.3) is 23.8 Å². The highest BCUT2D eigenvalue weighted by molar-refractivity contribution is 6.14. The summed E-state index contributed by atoms with van der Waals surface area (Å²) in [4.78, 5) is 70.1. The number of carbonyl (C=O) groups is 3. The van der Waals surface area contributed by atoms with E-state index < -0.39 is 10.3 Å². The van der Waals surface area contributed by atoms with Gasteiger partial charge in [-0.2, -0.15) is 0 Å². The first-order chi connectivity index (χ1) is 32.6. The lowest BCUT2D eigenvalue weighted by Gasteiger charge is -2.27. The number of nitrogens with zero attached hydrogens (tertiary/aromatic N) is 3. The highest BCUT2D eigenvalue weighted by atomic mass is 16.6. The molecule has 0 saturated heterocycles. The first kappa shape index (κ1) is 46.3. The molecule has 3 atom stereocenters. The second-order valence-corrected chi connectivity index (χ2v) is 19.3. The maximum absolute atomic E-state index is 14.0. The summed E-state index contributed by atoms with van der Waals surface area (Å²) in [5.74, 6) is -0.704. The number of para-hydroxylation sites is 1. The Morgan fingerprint density at radius 2 is 1.72 bits per heavy atom. The molecule has 0 fully saturated rings. The van der Waals surface area contributed by atoms with Gasteiger partial charge in [0.05, 0.1) is 22.9 Å². The van der Waals surface area contributed by atoms with Gasteiger partial charge in [0.1, 0.15) is 6.61 Å². The number of hydrogen-bond donors (Lipinski definition) is 4. The SMILES string of the molecule is CCc1c2[nH]c(c1C)C=c1[nH]c(c(C)c1CCCCO)=CC1=NC(C3=c4[nH]/c(c(C)c4C(=O)C3)=C\2)[C@@H](CCC(=O)OCCN2/C(=C\C=C3\C=C([N+](=O)[O-])C=CC3=O)C(C)(C)c3ccccc32)[C@@H]1C. The maximum Gasteiger partial charge on any atom is 0.305 e. The van der Waals surface area contributed by atoms with E-state index in [4.69, 9.17) is 9.73 Å². The lowest BCUT2D eigenvalue weighted by Crippen LogP contribution is -2.30. The number of allylic oxidation sites excluding steroid dienone is 7. The molecule has 0 amide bonds. The molecule has 2 aliphatic carbocycles. The van der Waals surface area contributed by atoms with E-state index in [2.05, 4.69) is 85.7 Å². The number of ketones is 2. The van der Waals surface area contributed by atoms with Crippen molar-refractivity contribution in [3.8, 4) is 0 Å². The zero-order valence-corrected chi connectivity index (χ0v) is 40.0. The van der Waals surface area contributed by atoms with Crippen LogP contribution in [-0.2, 0) is 32.6 Å². The zero-order valence-electron chi connectivity index (χ0n) is 40.0. The van der Waals surface area contributed by atoms with Crippen LogP contribution in [0, 0.1) is 42.7 Å². The van der Waals surface area contributed by atoms with E-state index in [1.807, 2.05) is 31.2 Å². The first-order valence-electron chi connectivity index (χ1n) is 23.9. The van der Waals surface area contributed by atoms with E-state index in [-0.39, 0.29) is 72.7 Å². The molecule has 0 radical (unpaired) electrons. The van der Waals surface area contributed by atoms with Crippen molar-refractivity contribution < 1.29 is 29.2 Å². The summed E-state index contributed by atoms with van der Waals surface area (Å²) < 4.78 is 6.00. The number of aliphatic imine (C=N–C) groups is 1. The Hall–Kier alpha value is -6.86. The van der Waals surface area contributed by atoms with Gasteiger partial charge in [0.2, 0.25) is 0 Å². The van der Waals surface area contributed by atoms with Crippen LogP contribution >= 0.6 is 0 Å². The van der Waals surface area contributed by atoms with Crippen LogP contribution in [0.2, 0.25) is 0 Å². The Kier molecular flexibility index (Phi) is 12.5. The van der Waals surface area contributed by atoms with Gasteiger partial charge < -0.3 is 29.7 Å². The molecule has 3 aromatic heterocycles. The summed E-state index contributed by atoms with van der Waals surface area (Å²) in [6.07, 6.45) is 17.8. The van der Waals surface area contributed by atoms with Gasteiger partial charge in [-0.1, -0.05) is 45.9 Å². The summed E-state index contributed by atoms with van der Waals surface area (Å²) in [7, 11) is 0. The van der Waals surface area contributed by atoms with Gasteiger partial charge in [-0.15, -0.1) is 0 Å². The number of unbranched alkanes of at least 4 members (excludes halogenated alkanes) is 1. The molecule has 6 heterocycles. The number of aliphatic hydroxyl groups is 1. The molecule has 1 unspecified atom stereocenters. The third-order valence-electron chi connectivity index (χ3n) is 15.0. The van der Waals surface area contributed by atoms with E-state index in [1.165, 1.54) is 34.9 Å². The van der Waals surface area contributed by atoms with Crippen LogP contribution in [0.5, 0.6) is 0 Å². The quantitative estimate of drug-likeness (QED) is 0.0416. The lowest BCUT2D eigenvalue weighted by atomic mass is 9.81. The molecule has 0 spiro atoms. The van der Waals surface area contributed by atoms with Gasteiger partial charge >= 0.3 is 5.97 Å². The normalized spacial score (nSPS) is 21.7. The molecule has 1 aromatic carbocycles. The average Bonchev–Trinajstić information content (AvgIpc) is 4.10. The van der Waals surface area contributed by atoms with Crippen molar-refractivity contribution in [2.45, 2.75) is 105 Å². The minimum absolute atomic E-state index is 0.0435. The number of benzene rings is 1. The Morgan fingerprint density at radius 3 is 2.49 bits per heavy atom.